The first-order valence-electron chi connectivity index (χ1n) is 6.68. The second-order valence-electron chi connectivity index (χ2n) is 4.90. The monoisotopic (exact) mass is 281 g/mol. The van der Waals surface area contributed by atoms with Crippen LogP contribution in [0.1, 0.15) is 5.56 Å². The summed E-state index contributed by atoms with van der Waals surface area (Å²) in [5, 5.41) is 5.61. The number of amides is 3. The van der Waals surface area contributed by atoms with Gasteiger partial charge in [0.25, 0.3) is 0 Å². The highest BCUT2D eigenvalue weighted by Crippen LogP contribution is 2.29. The number of hydrogen-bond acceptors (Lipinski definition) is 2. The van der Waals surface area contributed by atoms with Crippen LogP contribution in [0, 0.1) is 6.92 Å². The smallest absolute Gasteiger partial charge is 0.323 e. The maximum Gasteiger partial charge on any atom is 0.326 e. The van der Waals surface area contributed by atoms with Crippen molar-refractivity contribution in [2.45, 2.75) is 6.92 Å². The molecule has 5 heteroatoms. The number of urea groups is 1. The van der Waals surface area contributed by atoms with Crippen LogP contribution >= 0.6 is 0 Å². The van der Waals surface area contributed by atoms with Gasteiger partial charge in [0.2, 0.25) is 5.91 Å². The minimum atomic E-state index is -0.313. The summed E-state index contributed by atoms with van der Waals surface area (Å²) >= 11 is 0. The number of para-hydroxylation sites is 3. The molecule has 106 valence electrons. The van der Waals surface area contributed by atoms with Gasteiger partial charge in [-0.25, -0.2) is 4.79 Å². The van der Waals surface area contributed by atoms with Gasteiger partial charge >= 0.3 is 6.03 Å². The lowest BCUT2D eigenvalue weighted by atomic mass is 10.2. The second kappa shape index (κ2) is 5.28. The Morgan fingerprint density at radius 2 is 1.86 bits per heavy atom. The van der Waals surface area contributed by atoms with E-state index in [1.165, 1.54) is 4.90 Å². The maximum absolute atomic E-state index is 12.5. The molecule has 0 unspecified atom stereocenters. The Labute approximate surface area is 122 Å². The number of hydrogen-bond donors (Lipinski definition) is 2. The lowest BCUT2D eigenvalue weighted by molar-refractivity contribution is -0.115. The summed E-state index contributed by atoms with van der Waals surface area (Å²) in [6.45, 7) is 1.93. The standard InChI is InChI=1S/C16H15N3O2/c1-11-6-2-3-7-12(11)18-16(21)19-10-15(20)17-13-8-4-5-9-14(13)19/h2-9H,10H2,1H3,(H,17,20)(H,18,21). The number of anilines is 3. The van der Waals surface area contributed by atoms with E-state index in [9.17, 15) is 9.59 Å². The van der Waals surface area contributed by atoms with Crippen LogP contribution in [-0.4, -0.2) is 18.5 Å². The van der Waals surface area contributed by atoms with Crippen molar-refractivity contribution in [3.63, 3.8) is 0 Å². The average molecular weight is 281 g/mol. The highest BCUT2D eigenvalue weighted by molar-refractivity contribution is 6.12. The van der Waals surface area contributed by atoms with Gasteiger partial charge < -0.3 is 10.6 Å². The third-order valence-electron chi connectivity index (χ3n) is 3.40. The van der Waals surface area contributed by atoms with Gasteiger partial charge in [-0.2, -0.15) is 0 Å². The fourth-order valence-electron chi connectivity index (χ4n) is 2.31. The SMILES string of the molecule is Cc1ccccc1NC(=O)N1CC(=O)Nc2ccccc21. The highest BCUT2D eigenvalue weighted by atomic mass is 16.2. The van der Waals surface area contributed by atoms with Crippen molar-refractivity contribution in [3.8, 4) is 0 Å². The molecule has 1 aliphatic rings. The molecule has 2 aromatic carbocycles. The summed E-state index contributed by atoms with van der Waals surface area (Å²) in [5.41, 5.74) is 3.06. The van der Waals surface area contributed by atoms with E-state index in [0.717, 1.165) is 11.3 Å². The molecule has 0 bridgehead atoms. The fourth-order valence-corrected chi connectivity index (χ4v) is 2.31. The van der Waals surface area contributed by atoms with Crippen LogP contribution in [-0.2, 0) is 4.79 Å². The van der Waals surface area contributed by atoms with E-state index in [2.05, 4.69) is 10.6 Å². The van der Waals surface area contributed by atoms with Crippen LogP contribution in [0.15, 0.2) is 48.5 Å². The van der Waals surface area contributed by atoms with Gasteiger partial charge in [0, 0.05) is 5.69 Å². The molecule has 2 N–H and O–H groups in total. The Morgan fingerprint density at radius 3 is 2.67 bits per heavy atom. The normalized spacial score (nSPS) is 13.4. The predicted octanol–water partition coefficient (Wildman–Crippen LogP) is 2.99. The number of benzene rings is 2. The summed E-state index contributed by atoms with van der Waals surface area (Å²) in [6.07, 6.45) is 0. The molecule has 0 atom stereocenters. The number of nitrogens with zero attached hydrogens (tertiary/aromatic N) is 1. The third kappa shape index (κ3) is 2.58. The maximum atomic E-state index is 12.5. The van der Waals surface area contributed by atoms with Crippen molar-refractivity contribution in [1.82, 2.24) is 0 Å². The Kier molecular flexibility index (Phi) is 3.31. The van der Waals surface area contributed by atoms with Crippen molar-refractivity contribution in [2.75, 3.05) is 22.1 Å². The number of nitrogens with one attached hydrogen (secondary N) is 2. The summed E-state index contributed by atoms with van der Waals surface area (Å²) in [7, 11) is 0. The molecule has 2 aromatic rings. The van der Waals surface area contributed by atoms with E-state index in [4.69, 9.17) is 0 Å². The zero-order valence-corrected chi connectivity index (χ0v) is 11.6. The molecule has 1 aliphatic heterocycles. The number of carbonyl (C=O) groups excluding carboxylic acids is 2. The van der Waals surface area contributed by atoms with E-state index in [1.54, 1.807) is 6.07 Å². The second-order valence-corrected chi connectivity index (χ2v) is 4.90. The van der Waals surface area contributed by atoms with E-state index in [0.29, 0.717) is 11.4 Å². The molecule has 0 saturated carbocycles. The topological polar surface area (TPSA) is 61.4 Å². The molecule has 0 aromatic heterocycles. The van der Waals surface area contributed by atoms with Crippen molar-refractivity contribution in [3.05, 3.63) is 54.1 Å². The van der Waals surface area contributed by atoms with Gasteiger partial charge in [-0.05, 0) is 30.7 Å². The van der Waals surface area contributed by atoms with E-state index in [-0.39, 0.29) is 18.5 Å². The number of rotatable bonds is 1. The lowest BCUT2D eigenvalue weighted by Crippen LogP contribution is -2.44. The van der Waals surface area contributed by atoms with Crippen molar-refractivity contribution in [2.24, 2.45) is 0 Å². The van der Waals surface area contributed by atoms with Gasteiger partial charge in [-0.15, -0.1) is 0 Å². The molecule has 0 spiro atoms. The predicted molar refractivity (Wildman–Crippen MR) is 82.6 cm³/mol. The minimum Gasteiger partial charge on any atom is -0.323 e. The first kappa shape index (κ1) is 13.2. The van der Waals surface area contributed by atoms with Crippen molar-refractivity contribution < 1.29 is 9.59 Å². The Morgan fingerprint density at radius 1 is 1.14 bits per heavy atom. The van der Waals surface area contributed by atoms with Gasteiger partial charge in [0.05, 0.1) is 11.4 Å². The molecule has 0 saturated heterocycles. The largest absolute Gasteiger partial charge is 0.326 e. The zero-order valence-electron chi connectivity index (χ0n) is 11.6. The minimum absolute atomic E-state index is 0.00866. The third-order valence-corrected chi connectivity index (χ3v) is 3.40. The summed E-state index contributed by atoms with van der Waals surface area (Å²) in [5.74, 6) is -0.200. The Hall–Kier alpha value is -2.82. The molecular formula is C16H15N3O2. The molecule has 0 radical (unpaired) electrons. The van der Waals surface area contributed by atoms with Crippen LogP contribution in [0.2, 0.25) is 0 Å². The summed E-state index contributed by atoms with van der Waals surface area (Å²) in [6, 6.07) is 14.5. The summed E-state index contributed by atoms with van der Waals surface area (Å²) < 4.78 is 0. The van der Waals surface area contributed by atoms with E-state index >= 15 is 0 Å². The van der Waals surface area contributed by atoms with E-state index < -0.39 is 0 Å². The van der Waals surface area contributed by atoms with E-state index in [1.807, 2.05) is 49.4 Å². The molecule has 0 aliphatic carbocycles. The van der Waals surface area contributed by atoms with Gasteiger partial charge in [0.1, 0.15) is 6.54 Å². The first-order valence-corrected chi connectivity index (χ1v) is 6.68. The summed E-state index contributed by atoms with van der Waals surface area (Å²) in [4.78, 5) is 25.6. The molecule has 3 amide bonds. The fraction of sp³-hybridized carbons (Fsp3) is 0.125. The van der Waals surface area contributed by atoms with Gasteiger partial charge in [-0.1, -0.05) is 30.3 Å². The van der Waals surface area contributed by atoms with Crippen molar-refractivity contribution >= 4 is 29.0 Å². The molecule has 3 rings (SSSR count). The molecular weight excluding hydrogens is 266 g/mol. The zero-order chi connectivity index (χ0) is 14.8. The quantitative estimate of drug-likeness (QED) is 0.844. The van der Waals surface area contributed by atoms with Crippen LogP contribution in [0.5, 0.6) is 0 Å². The van der Waals surface area contributed by atoms with Crippen LogP contribution in [0.3, 0.4) is 0 Å². The molecule has 5 nitrogen and oxygen atoms in total. The lowest BCUT2D eigenvalue weighted by Gasteiger charge is -2.29. The number of fused-ring (bicyclic) bond motifs is 1. The van der Waals surface area contributed by atoms with Crippen LogP contribution in [0.4, 0.5) is 21.9 Å². The molecule has 0 fully saturated rings. The Bertz CT molecular complexity index is 712. The van der Waals surface area contributed by atoms with Gasteiger partial charge in [0.15, 0.2) is 0 Å². The average Bonchev–Trinajstić information content (AvgIpc) is 2.48. The van der Waals surface area contributed by atoms with Crippen LogP contribution in [0.25, 0.3) is 0 Å². The van der Waals surface area contributed by atoms with Crippen LogP contribution < -0.4 is 15.5 Å². The number of carbonyl (C=O) groups is 2. The molecule has 21 heavy (non-hydrogen) atoms. The highest BCUT2D eigenvalue weighted by Gasteiger charge is 2.26. The molecule has 1 heterocycles. The Balaban J connectivity index is 1.88. The van der Waals surface area contributed by atoms with Crippen molar-refractivity contribution in [1.29, 1.82) is 0 Å². The first-order chi connectivity index (χ1) is 10.1. The number of aryl methyl sites for hydroxylation is 1. The van der Waals surface area contributed by atoms with Gasteiger partial charge in [-0.3, -0.25) is 9.69 Å².